The van der Waals surface area contributed by atoms with Crippen molar-refractivity contribution >= 4 is 16.5 Å². The minimum absolute atomic E-state index is 0.767. The van der Waals surface area contributed by atoms with Crippen molar-refractivity contribution in [3.63, 3.8) is 0 Å². The van der Waals surface area contributed by atoms with E-state index in [1.165, 1.54) is 41.5 Å². The van der Waals surface area contributed by atoms with Gasteiger partial charge in [0.05, 0.1) is 12.3 Å². The maximum Gasteiger partial charge on any atom is 0.186 e. The van der Waals surface area contributed by atoms with E-state index in [-0.39, 0.29) is 0 Å². The number of aromatic nitrogens is 1. The molecule has 0 radical (unpaired) electrons. The first kappa shape index (κ1) is 14.3. The van der Waals surface area contributed by atoms with Gasteiger partial charge in [0.2, 0.25) is 0 Å². The van der Waals surface area contributed by atoms with Crippen LogP contribution in [-0.4, -0.2) is 37.8 Å². The molecule has 2 fully saturated rings. The average Bonchev–Trinajstić information content (AvgIpc) is 3.17. The number of aryl methyl sites for hydroxylation is 1. The first-order valence-corrected chi connectivity index (χ1v) is 8.58. The molecule has 1 aromatic heterocycles. The monoisotopic (exact) mass is 295 g/mol. The predicted octanol–water partition coefficient (Wildman–Crippen LogP) is 2.43. The molecule has 2 aliphatic rings. The smallest absolute Gasteiger partial charge is 0.186 e. The third-order valence-electron chi connectivity index (χ3n) is 4.53. The van der Waals surface area contributed by atoms with Crippen LogP contribution in [0.5, 0.6) is 0 Å². The van der Waals surface area contributed by atoms with E-state index in [1.54, 1.807) is 7.11 Å². The highest BCUT2D eigenvalue weighted by Gasteiger charge is 2.39. The van der Waals surface area contributed by atoms with Gasteiger partial charge >= 0.3 is 0 Å². The van der Waals surface area contributed by atoms with Crippen LogP contribution in [0.2, 0.25) is 0 Å². The number of hydrogen-bond acceptors (Lipinski definition) is 5. The maximum atomic E-state index is 5.07. The van der Waals surface area contributed by atoms with Crippen LogP contribution < -0.4 is 10.2 Å². The second-order valence-corrected chi connectivity index (χ2v) is 6.94. The number of methoxy groups -OCH3 is 1. The average molecular weight is 295 g/mol. The number of thiazole rings is 1. The van der Waals surface area contributed by atoms with E-state index >= 15 is 0 Å². The normalized spacial score (nSPS) is 24.8. The maximum absolute atomic E-state index is 5.07. The summed E-state index contributed by atoms with van der Waals surface area (Å²) < 4.78 is 5.07. The molecule has 1 aromatic rings. The molecule has 3 rings (SSSR count). The molecule has 4 nitrogen and oxygen atoms in total. The molecule has 0 spiro atoms. The summed E-state index contributed by atoms with van der Waals surface area (Å²) >= 11 is 1.89. The van der Waals surface area contributed by atoms with E-state index in [9.17, 15) is 0 Å². The summed E-state index contributed by atoms with van der Waals surface area (Å²) in [5.41, 5.74) is 1.28. The summed E-state index contributed by atoms with van der Waals surface area (Å²) in [7, 11) is 1.74. The van der Waals surface area contributed by atoms with Crippen LogP contribution in [0.15, 0.2) is 0 Å². The third-order valence-corrected chi connectivity index (χ3v) is 5.66. The molecular weight excluding hydrogens is 270 g/mol. The fourth-order valence-corrected chi connectivity index (χ4v) is 4.64. The number of anilines is 1. The summed E-state index contributed by atoms with van der Waals surface area (Å²) in [6, 6.07) is 0.769. The van der Waals surface area contributed by atoms with Crippen molar-refractivity contribution in [3.8, 4) is 0 Å². The molecule has 1 N–H and O–H groups in total. The molecule has 2 heterocycles. The number of rotatable bonds is 7. The summed E-state index contributed by atoms with van der Waals surface area (Å²) in [5, 5.41) is 4.70. The zero-order valence-electron chi connectivity index (χ0n) is 12.5. The van der Waals surface area contributed by atoms with E-state index < -0.39 is 0 Å². The van der Waals surface area contributed by atoms with Crippen LogP contribution in [-0.2, 0) is 17.7 Å². The minimum Gasteiger partial charge on any atom is -0.383 e. The molecule has 112 valence electrons. The summed E-state index contributed by atoms with van der Waals surface area (Å²) in [6.45, 7) is 6.03. The molecule has 2 unspecified atom stereocenters. The van der Waals surface area contributed by atoms with Gasteiger partial charge in [0.15, 0.2) is 5.13 Å². The van der Waals surface area contributed by atoms with Gasteiger partial charge < -0.3 is 15.0 Å². The van der Waals surface area contributed by atoms with Crippen LogP contribution in [0.3, 0.4) is 0 Å². The Morgan fingerprint density at radius 2 is 2.35 bits per heavy atom. The van der Waals surface area contributed by atoms with E-state index in [0.717, 1.165) is 38.1 Å². The number of ether oxygens (including phenoxy) is 1. The summed E-state index contributed by atoms with van der Waals surface area (Å²) in [6.07, 6.45) is 5.22. The molecule has 1 saturated heterocycles. The van der Waals surface area contributed by atoms with Crippen molar-refractivity contribution in [2.75, 3.05) is 31.7 Å². The van der Waals surface area contributed by atoms with Crippen LogP contribution in [0.1, 0.15) is 36.8 Å². The number of fused-ring (bicyclic) bond motifs is 2. The van der Waals surface area contributed by atoms with Gasteiger partial charge in [-0.15, -0.1) is 11.3 Å². The molecule has 2 bridgehead atoms. The molecule has 2 atom stereocenters. The quantitative estimate of drug-likeness (QED) is 0.784. The summed E-state index contributed by atoms with van der Waals surface area (Å²) in [5.74, 6) is 0.928. The van der Waals surface area contributed by atoms with Gasteiger partial charge in [-0.1, -0.05) is 6.92 Å². The van der Waals surface area contributed by atoms with Crippen LogP contribution in [0.4, 0.5) is 5.13 Å². The van der Waals surface area contributed by atoms with E-state index in [2.05, 4.69) is 17.1 Å². The zero-order valence-corrected chi connectivity index (χ0v) is 13.3. The van der Waals surface area contributed by atoms with Crippen LogP contribution in [0.25, 0.3) is 0 Å². The highest BCUT2D eigenvalue weighted by atomic mass is 32.1. The topological polar surface area (TPSA) is 37.4 Å². The van der Waals surface area contributed by atoms with E-state index in [0.29, 0.717) is 0 Å². The third kappa shape index (κ3) is 2.85. The highest BCUT2D eigenvalue weighted by Crippen LogP contribution is 2.42. The Bertz CT molecular complexity index is 448. The van der Waals surface area contributed by atoms with Crippen molar-refractivity contribution in [2.45, 2.75) is 45.2 Å². The van der Waals surface area contributed by atoms with Gasteiger partial charge in [0, 0.05) is 37.7 Å². The lowest BCUT2D eigenvalue weighted by Crippen LogP contribution is -2.31. The van der Waals surface area contributed by atoms with Crippen molar-refractivity contribution < 1.29 is 4.74 Å². The lowest BCUT2D eigenvalue weighted by atomic mass is 10.1. The van der Waals surface area contributed by atoms with Gasteiger partial charge in [-0.25, -0.2) is 4.98 Å². The van der Waals surface area contributed by atoms with Gasteiger partial charge in [-0.3, -0.25) is 0 Å². The Kier molecular flexibility index (Phi) is 4.58. The highest BCUT2D eigenvalue weighted by molar-refractivity contribution is 7.15. The lowest BCUT2D eigenvalue weighted by Gasteiger charge is -2.26. The number of nitrogens with one attached hydrogen (secondary N) is 1. The number of piperidine rings is 1. The molecule has 1 saturated carbocycles. The van der Waals surface area contributed by atoms with Gasteiger partial charge in [0.25, 0.3) is 0 Å². The Morgan fingerprint density at radius 3 is 3.00 bits per heavy atom. The van der Waals surface area contributed by atoms with Crippen molar-refractivity contribution in [1.82, 2.24) is 10.3 Å². The molecular formula is C15H25N3OS. The second-order valence-electron chi connectivity index (χ2n) is 5.87. The minimum atomic E-state index is 0.767. The Balaban J connectivity index is 1.65. The molecule has 0 aromatic carbocycles. The lowest BCUT2D eigenvalue weighted by molar-refractivity contribution is 0.199. The first-order valence-electron chi connectivity index (χ1n) is 7.76. The zero-order chi connectivity index (χ0) is 13.9. The molecule has 0 amide bonds. The van der Waals surface area contributed by atoms with Gasteiger partial charge in [-0.05, 0) is 31.6 Å². The fraction of sp³-hybridized carbons (Fsp3) is 0.800. The van der Waals surface area contributed by atoms with E-state index in [4.69, 9.17) is 9.72 Å². The Hall–Kier alpha value is -0.650. The van der Waals surface area contributed by atoms with Crippen molar-refractivity contribution in [3.05, 3.63) is 10.6 Å². The SMILES string of the molecule is CCc1nc(N2CC3CCC2C3)sc1CNCCOC. The van der Waals surface area contributed by atoms with Crippen molar-refractivity contribution in [2.24, 2.45) is 5.92 Å². The first-order chi connectivity index (χ1) is 9.81. The van der Waals surface area contributed by atoms with Gasteiger partial charge in [0.1, 0.15) is 0 Å². The Morgan fingerprint density at radius 1 is 1.45 bits per heavy atom. The van der Waals surface area contributed by atoms with E-state index in [1.807, 2.05) is 11.3 Å². The largest absolute Gasteiger partial charge is 0.383 e. The Labute approximate surface area is 125 Å². The number of nitrogens with zero attached hydrogens (tertiary/aromatic N) is 2. The standard InChI is InChI=1S/C15H25N3OS/c1-3-13-14(9-16-6-7-19-2)20-15(17-13)18-10-11-4-5-12(18)8-11/h11-12,16H,3-10H2,1-2H3. The summed E-state index contributed by atoms with van der Waals surface area (Å²) in [4.78, 5) is 8.87. The van der Waals surface area contributed by atoms with Crippen LogP contribution >= 0.6 is 11.3 Å². The molecule has 20 heavy (non-hydrogen) atoms. The van der Waals surface area contributed by atoms with Crippen LogP contribution in [0, 0.1) is 5.92 Å². The number of hydrogen-bond donors (Lipinski definition) is 1. The second kappa shape index (κ2) is 6.41. The van der Waals surface area contributed by atoms with Crippen molar-refractivity contribution in [1.29, 1.82) is 0 Å². The molecule has 1 aliphatic heterocycles. The predicted molar refractivity (Wildman–Crippen MR) is 83.5 cm³/mol. The fourth-order valence-electron chi connectivity index (χ4n) is 3.44. The molecule has 5 heteroatoms. The van der Waals surface area contributed by atoms with Gasteiger partial charge in [-0.2, -0.15) is 0 Å². The molecule has 1 aliphatic carbocycles.